The zero-order valence-corrected chi connectivity index (χ0v) is 10.5. The largest absolute Gasteiger partial charge is 0.478 e. The van der Waals surface area contributed by atoms with Crippen LogP contribution in [0.15, 0.2) is 30.9 Å². The first-order valence-corrected chi connectivity index (χ1v) is 5.68. The van der Waals surface area contributed by atoms with E-state index in [0.29, 0.717) is 5.56 Å². The Morgan fingerprint density at radius 1 is 1.35 bits per heavy atom. The lowest BCUT2D eigenvalue weighted by Gasteiger charge is -2.05. The molecule has 4 nitrogen and oxygen atoms in total. The van der Waals surface area contributed by atoms with Gasteiger partial charge in [0.1, 0.15) is 0 Å². The minimum absolute atomic E-state index is 0.130. The molecule has 0 saturated heterocycles. The molecule has 0 fully saturated rings. The molecule has 0 aliphatic rings. The number of aryl methyl sites for hydroxylation is 1. The minimum atomic E-state index is -4.69. The van der Waals surface area contributed by atoms with E-state index in [1.54, 1.807) is 12.3 Å². The third kappa shape index (κ3) is 2.98. The number of hydrogen-bond acceptors (Lipinski definition) is 2. The van der Waals surface area contributed by atoms with Gasteiger partial charge in [-0.3, -0.25) is 4.98 Å². The van der Waals surface area contributed by atoms with Gasteiger partial charge in [-0.15, -0.1) is 0 Å². The average molecular weight is 284 g/mol. The van der Waals surface area contributed by atoms with Crippen LogP contribution in [0.3, 0.4) is 0 Å². The van der Waals surface area contributed by atoms with Crippen molar-refractivity contribution in [3.63, 3.8) is 0 Å². The maximum absolute atomic E-state index is 12.7. The Kier molecular flexibility index (Phi) is 3.52. The van der Waals surface area contributed by atoms with Gasteiger partial charge in [-0.25, -0.2) is 4.79 Å². The van der Waals surface area contributed by atoms with Crippen molar-refractivity contribution in [3.05, 3.63) is 53.1 Å². The lowest BCUT2D eigenvalue weighted by Crippen LogP contribution is -2.09. The van der Waals surface area contributed by atoms with Crippen molar-refractivity contribution in [2.24, 2.45) is 0 Å². The first-order valence-electron chi connectivity index (χ1n) is 5.68. The molecule has 0 bridgehead atoms. The van der Waals surface area contributed by atoms with Crippen molar-refractivity contribution in [1.82, 2.24) is 9.55 Å². The molecule has 20 heavy (non-hydrogen) atoms. The molecule has 2 rings (SSSR count). The van der Waals surface area contributed by atoms with Crippen molar-refractivity contribution in [2.45, 2.75) is 19.6 Å². The first kappa shape index (κ1) is 14.1. The molecule has 0 aliphatic heterocycles. The minimum Gasteiger partial charge on any atom is -0.478 e. The second kappa shape index (κ2) is 4.99. The van der Waals surface area contributed by atoms with Crippen molar-refractivity contribution < 1.29 is 23.1 Å². The van der Waals surface area contributed by atoms with Gasteiger partial charge in [0.05, 0.1) is 11.1 Å². The molecule has 0 radical (unpaired) electrons. The molecule has 0 unspecified atom stereocenters. The zero-order chi connectivity index (χ0) is 14.9. The van der Waals surface area contributed by atoms with Gasteiger partial charge < -0.3 is 9.67 Å². The summed E-state index contributed by atoms with van der Waals surface area (Å²) in [4.78, 5) is 14.8. The highest BCUT2D eigenvalue weighted by atomic mass is 19.4. The molecule has 0 aromatic carbocycles. The molecule has 0 saturated carbocycles. The molecular weight excluding hydrogens is 273 g/mol. The number of carboxylic acid groups (broad SMARTS) is 1. The summed E-state index contributed by atoms with van der Waals surface area (Å²) in [5.74, 6) is -1.60. The van der Waals surface area contributed by atoms with Crippen molar-refractivity contribution in [1.29, 1.82) is 0 Å². The molecule has 7 heteroatoms. The van der Waals surface area contributed by atoms with Crippen LogP contribution in [0.25, 0.3) is 0 Å². The Labute approximate surface area is 112 Å². The summed E-state index contributed by atoms with van der Waals surface area (Å²) in [5.41, 5.74) is -0.321. The summed E-state index contributed by atoms with van der Waals surface area (Å²) in [5, 5.41) is 8.83. The quantitative estimate of drug-likeness (QED) is 0.942. The van der Waals surface area contributed by atoms with Gasteiger partial charge >= 0.3 is 12.1 Å². The van der Waals surface area contributed by atoms with Crippen LogP contribution in [-0.2, 0) is 12.7 Å². The standard InChI is InChI=1S/C13H11F3N2O2/c1-8-2-9(4-17-3-8)5-18-6-10(12(19)20)11(7-18)13(14,15)16/h2-4,6-7H,5H2,1H3,(H,19,20). The zero-order valence-electron chi connectivity index (χ0n) is 10.5. The molecular formula is C13H11F3N2O2. The first-order chi connectivity index (χ1) is 9.27. The van der Waals surface area contributed by atoms with Gasteiger partial charge in [-0.05, 0) is 18.1 Å². The van der Waals surface area contributed by atoms with Crippen LogP contribution in [0.4, 0.5) is 13.2 Å². The number of carbonyl (C=O) groups is 1. The summed E-state index contributed by atoms with van der Waals surface area (Å²) in [6.07, 6.45) is 0.243. The predicted molar refractivity (Wildman–Crippen MR) is 64.5 cm³/mol. The number of aromatic carboxylic acids is 1. The van der Waals surface area contributed by atoms with Crippen LogP contribution in [0.5, 0.6) is 0 Å². The van der Waals surface area contributed by atoms with Crippen molar-refractivity contribution in [2.75, 3.05) is 0 Å². The van der Waals surface area contributed by atoms with Gasteiger partial charge in [0.25, 0.3) is 0 Å². The second-order valence-corrected chi connectivity index (χ2v) is 4.43. The van der Waals surface area contributed by atoms with E-state index < -0.39 is 23.3 Å². The Morgan fingerprint density at radius 2 is 2.05 bits per heavy atom. The number of nitrogens with zero attached hydrogens (tertiary/aromatic N) is 2. The van der Waals surface area contributed by atoms with Gasteiger partial charge in [0.2, 0.25) is 0 Å². The molecule has 0 aliphatic carbocycles. The normalized spacial score (nSPS) is 11.6. The van der Waals surface area contributed by atoms with Crippen LogP contribution in [0.2, 0.25) is 0 Å². The van der Waals surface area contributed by atoms with E-state index in [1.165, 1.54) is 10.8 Å². The summed E-state index contributed by atoms with van der Waals surface area (Å²) >= 11 is 0. The fourth-order valence-corrected chi connectivity index (χ4v) is 1.91. The van der Waals surface area contributed by atoms with Gasteiger partial charge in [-0.1, -0.05) is 6.07 Å². The molecule has 2 aromatic rings. The van der Waals surface area contributed by atoms with E-state index in [-0.39, 0.29) is 6.54 Å². The highest BCUT2D eigenvalue weighted by Crippen LogP contribution is 2.32. The summed E-state index contributed by atoms with van der Waals surface area (Å²) < 4.78 is 39.4. The molecule has 2 aromatic heterocycles. The van der Waals surface area contributed by atoms with Crippen LogP contribution < -0.4 is 0 Å². The third-order valence-electron chi connectivity index (χ3n) is 2.71. The maximum atomic E-state index is 12.7. The number of aromatic nitrogens is 2. The summed E-state index contributed by atoms with van der Waals surface area (Å²) in [6.45, 7) is 1.95. The highest BCUT2D eigenvalue weighted by Gasteiger charge is 2.36. The van der Waals surface area contributed by atoms with E-state index in [2.05, 4.69) is 4.98 Å². The number of alkyl halides is 3. The second-order valence-electron chi connectivity index (χ2n) is 4.43. The Bertz CT molecular complexity index is 647. The fourth-order valence-electron chi connectivity index (χ4n) is 1.91. The molecule has 1 N–H and O–H groups in total. The number of pyridine rings is 1. The van der Waals surface area contributed by atoms with Crippen molar-refractivity contribution in [3.8, 4) is 0 Å². The van der Waals surface area contributed by atoms with Crippen LogP contribution >= 0.6 is 0 Å². The van der Waals surface area contributed by atoms with E-state index in [0.717, 1.165) is 18.0 Å². The number of carboxylic acids is 1. The van der Waals surface area contributed by atoms with Crippen LogP contribution in [0.1, 0.15) is 27.0 Å². The Hall–Kier alpha value is -2.31. The van der Waals surface area contributed by atoms with E-state index in [1.807, 2.05) is 6.92 Å². The lowest BCUT2D eigenvalue weighted by molar-refractivity contribution is -0.138. The number of hydrogen-bond donors (Lipinski definition) is 1. The highest BCUT2D eigenvalue weighted by molar-refractivity contribution is 5.89. The summed E-state index contributed by atoms with van der Waals surface area (Å²) in [7, 11) is 0. The Balaban J connectivity index is 2.37. The summed E-state index contributed by atoms with van der Waals surface area (Å²) in [6, 6.07) is 1.78. The van der Waals surface area contributed by atoms with Crippen molar-refractivity contribution >= 4 is 5.97 Å². The number of rotatable bonds is 3. The lowest BCUT2D eigenvalue weighted by atomic mass is 10.2. The van der Waals surface area contributed by atoms with Gasteiger partial charge in [0.15, 0.2) is 0 Å². The molecule has 0 amide bonds. The van der Waals surface area contributed by atoms with Crippen LogP contribution in [0, 0.1) is 6.92 Å². The van der Waals surface area contributed by atoms with E-state index >= 15 is 0 Å². The van der Waals surface area contributed by atoms with Gasteiger partial charge in [-0.2, -0.15) is 13.2 Å². The molecule has 0 spiro atoms. The molecule has 2 heterocycles. The monoisotopic (exact) mass is 284 g/mol. The fraction of sp³-hybridized carbons (Fsp3) is 0.231. The smallest absolute Gasteiger partial charge is 0.418 e. The topological polar surface area (TPSA) is 55.1 Å². The Morgan fingerprint density at radius 3 is 2.55 bits per heavy atom. The average Bonchev–Trinajstić information content (AvgIpc) is 2.73. The third-order valence-corrected chi connectivity index (χ3v) is 2.71. The van der Waals surface area contributed by atoms with E-state index in [4.69, 9.17) is 5.11 Å². The van der Waals surface area contributed by atoms with E-state index in [9.17, 15) is 18.0 Å². The SMILES string of the molecule is Cc1cncc(Cn2cc(C(=O)O)c(C(F)(F)F)c2)c1. The maximum Gasteiger partial charge on any atom is 0.418 e. The van der Waals surface area contributed by atoms with Crippen LogP contribution in [-0.4, -0.2) is 20.6 Å². The molecule has 0 atom stereocenters. The molecule has 106 valence electrons. The van der Waals surface area contributed by atoms with Gasteiger partial charge in [0, 0.05) is 31.3 Å². The number of halogens is 3. The predicted octanol–water partition coefficient (Wildman–Crippen LogP) is 2.96.